The van der Waals surface area contributed by atoms with Crippen molar-refractivity contribution >= 4 is 55.5 Å². The van der Waals surface area contributed by atoms with Crippen LogP contribution >= 0.6 is 27.0 Å². The first-order valence-electron chi connectivity index (χ1n) is 8.23. The molecule has 4 rings (SSSR count). The first-order chi connectivity index (χ1) is 12.6. The first kappa shape index (κ1) is 21.6. The van der Waals surface area contributed by atoms with Crippen LogP contribution in [0.2, 0.25) is 0 Å². The second-order valence-electron chi connectivity index (χ2n) is 6.01. The van der Waals surface area contributed by atoms with E-state index in [9.17, 15) is 9.59 Å². The van der Waals surface area contributed by atoms with E-state index in [0.717, 1.165) is 5.39 Å². The molecule has 11 heteroatoms. The summed E-state index contributed by atoms with van der Waals surface area (Å²) in [6.45, 7) is 2.15. The van der Waals surface area contributed by atoms with Gasteiger partial charge in [-0.2, -0.15) is 27.0 Å². The van der Waals surface area contributed by atoms with E-state index in [-0.39, 0.29) is 45.7 Å². The number of hydrogen-bond acceptors (Lipinski definition) is 6. The van der Waals surface area contributed by atoms with Gasteiger partial charge in [-0.25, -0.2) is 14.8 Å². The first-order valence-corrected chi connectivity index (χ1v) is 8.23. The maximum absolute atomic E-state index is 11.7. The highest BCUT2D eigenvalue weighted by molar-refractivity contribution is 7.59. The van der Waals surface area contributed by atoms with Crippen molar-refractivity contribution in [2.24, 2.45) is 5.73 Å². The molecule has 0 spiro atoms. The fourth-order valence-electron chi connectivity index (χ4n) is 3.18. The lowest BCUT2D eigenvalue weighted by Gasteiger charge is -2.16. The third kappa shape index (κ3) is 3.67. The zero-order valence-corrected chi connectivity index (χ0v) is 17.0. The Labute approximate surface area is 174 Å². The third-order valence-electron chi connectivity index (χ3n) is 4.42. The second-order valence-corrected chi connectivity index (χ2v) is 6.01. The van der Waals surface area contributed by atoms with Crippen LogP contribution in [-0.4, -0.2) is 45.1 Å². The van der Waals surface area contributed by atoms with E-state index in [0.29, 0.717) is 29.0 Å². The fourth-order valence-corrected chi connectivity index (χ4v) is 3.18. The van der Waals surface area contributed by atoms with Gasteiger partial charge in [-0.3, -0.25) is 9.20 Å². The molecule has 4 heterocycles. The van der Waals surface area contributed by atoms with Gasteiger partial charge in [0.25, 0.3) is 5.91 Å². The summed E-state index contributed by atoms with van der Waals surface area (Å²) in [6.07, 6.45) is 4.88. The highest BCUT2D eigenvalue weighted by Crippen LogP contribution is 2.27. The van der Waals surface area contributed by atoms with Crippen LogP contribution in [0.1, 0.15) is 23.7 Å². The van der Waals surface area contributed by atoms with Gasteiger partial charge in [-0.05, 0) is 18.6 Å². The van der Waals surface area contributed by atoms with Crippen LogP contribution in [-0.2, 0) is 4.74 Å². The van der Waals surface area contributed by atoms with Gasteiger partial charge in [-0.1, -0.05) is 6.92 Å². The molecule has 3 N–H and O–H groups in total. The summed E-state index contributed by atoms with van der Waals surface area (Å²) in [5.74, 6) is -0.184. The number of hydrogen-bond donors (Lipinski definition) is 2. The SMILES string of the molecule is CC[C@@H]1OC(=O)N[C@H]1COc1nccc2cc(C(N)=O)c3nccn3c12.S.S. The van der Waals surface area contributed by atoms with Gasteiger partial charge in [0.1, 0.15) is 29.9 Å². The molecule has 0 aliphatic carbocycles. The van der Waals surface area contributed by atoms with E-state index in [2.05, 4.69) is 15.3 Å². The van der Waals surface area contributed by atoms with Gasteiger partial charge in [0.15, 0.2) is 0 Å². The smallest absolute Gasteiger partial charge is 0.407 e. The number of imidazole rings is 1. The minimum Gasteiger partial charge on any atom is -0.474 e. The minimum atomic E-state index is -0.556. The molecule has 3 aromatic rings. The lowest BCUT2D eigenvalue weighted by atomic mass is 10.1. The van der Waals surface area contributed by atoms with Crippen molar-refractivity contribution < 1.29 is 19.1 Å². The monoisotopic (exact) mass is 423 g/mol. The minimum absolute atomic E-state index is 0. The summed E-state index contributed by atoms with van der Waals surface area (Å²) in [5.41, 5.74) is 6.89. The Hall–Kier alpha value is -2.66. The standard InChI is InChI=1S/C17H17N5O4.2H2S/c1-2-12-11(21-17(24)26-12)8-25-16-13-9(3-4-20-16)7-10(14(18)23)15-19-5-6-22(13)15;;/h3-7,11-12H,2,8H2,1H3,(H2,18,23)(H,21,24);2*1H2/t11-,12-;;/m0../s1. The summed E-state index contributed by atoms with van der Waals surface area (Å²) >= 11 is 0. The second kappa shape index (κ2) is 8.57. The van der Waals surface area contributed by atoms with Crippen molar-refractivity contribution in [3.63, 3.8) is 0 Å². The highest BCUT2D eigenvalue weighted by atomic mass is 32.1. The molecular formula is C17H21N5O4S2. The largest absolute Gasteiger partial charge is 0.474 e. The van der Waals surface area contributed by atoms with Crippen LogP contribution in [0.15, 0.2) is 30.7 Å². The van der Waals surface area contributed by atoms with Crippen molar-refractivity contribution in [3.05, 3.63) is 36.3 Å². The molecule has 1 saturated heterocycles. The Morgan fingerprint density at radius 3 is 2.86 bits per heavy atom. The number of aromatic nitrogens is 3. The predicted octanol–water partition coefficient (Wildman–Crippen LogP) is 1.47. The van der Waals surface area contributed by atoms with E-state index in [1.807, 2.05) is 6.92 Å². The molecule has 0 unspecified atom stereocenters. The summed E-state index contributed by atoms with van der Waals surface area (Å²) in [5, 5.41) is 3.48. The number of pyridine rings is 2. The number of fused-ring (bicyclic) bond motifs is 3. The number of cyclic esters (lactones) is 1. The number of alkyl carbamates (subject to hydrolysis) is 1. The van der Waals surface area contributed by atoms with E-state index >= 15 is 0 Å². The molecule has 0 saturated carbocycles. The van der Waals surface area contributed by atoms with Crippen molar-refractivity contribution in [1.82, 2.24) is 19.7 Å². The average molecular weight is 424 g/mol. The predicted molar refractivity (Wildman–Crippen MR) is 113 cm³/mol. The molecule has 3 aromatic heterocycles. The molecule has 0 bridgehead atoms. The van der Waals surface area contributed by atoms with Crippen molar-refractivity contribution in [2.75, 3.05) is 6.61 Å². The molecular weight excluding hydrogens is 402 g/mol. The summed E-state index contributed by atoms with van der Waals surface area (Å²) in [7, 11) is 0. The highest BCUT2D eigenvalue weighted by Gasteiger charge is 2.33. The Bertz CT molecular complexity index is 1030. The van der Waals surface area contributed by atoms with Crippen LogP contribution in [0.4, 0.5) is 4.79 Å². The molecule has 0 aromatic carbocycles. The fraction of sp³-hybridized carbons (Fsp3) is 0.294. The van der Waals surface area contributed by atoms with Crippen LogP contribution in [0.3, 0.4) is 0 Å². The number of ether oxygens (including phenoxy) is 2. The Morgan fingerprint density at radius 2 is 2.14 bits per heavy atom. The zero-order chi connectivity index (χ0) is 18.3. The lowest BCUT2D eigenvalue weighted by molar-refractivity contribution is 0.100. The van der Waals surface area contributed by atoms with E-state index in [4.69, 9.17) is 15.2 Å². The lowest BCUT2D eigenvalue weighted by Crippen LogP contribution is -2.37. The number of amides is 2. The molecule has 9 nitrogen and oxygen atoms in total. The van der Waals surface area contributed by atoms with E-state index in [1.165, 1.54) is 0 Å². The van der Waals surface area contributed by atoms with E-state index < -0.39 is 12.0 Å². The summed E-state index contributed by atoms with van der Waals surface area (Å²) in [6, 6.07) is 3.18. The molecule has 1 fully saturated rings. The average Bonchev–Trinajstić information content (AvgIpc) is 3.25. The number of rotatable bonds is 5. The van der Waals surface area contributed by atoms with Crippen LogP contribution < -0.4 is 15.8 Å². The third-order valence-corrected chi connectivity index (χ3v) is 4.42. The summed E-state index contributed by atoms with van der Waals surface area (Å²) < 4.78 is 12.8. The van der Waals surface area contributed by atoms with Gasteiger partial charge in [0.05, 0.1) is 5.56 Å². The topological polar surface area (TPSA) is 121 Å². The Balaban J connectivity index is 0.00000140. The molecule has 2 atom stereocenters. The van der Waals surface area contributed by atoms with Crippen LogP contribution in [0.25, 0.3) is 16.6 Å². The van der Waals surface area contributed by atoms with Crippen molar-refractivity contribution in [1.29, 1.82) is 0 Å². The molecule has 28 heavy (non-hydrogen) atoms. The van der Waals surface area contributed by atoms with Gasteiger partial charge >= 0.3 is 6.09 Å². The Kier molecular flexibility index (Phi) is 6.62. The van der Waals surface area contributed by atoms with Gasteiger partial charge in [0.2, 0.25) is 5.88 Å². The summed E-state index contributed by atoms with van der Waals surface area (Å²) in [4.78, 5) is 31.6. The molecule has 1 aliphatic rings. The maximum Gasteiger partial charge on any atom is 0.407 e. The molecule has 2 amide bonds. The van der Waals surface area contributed by atoms with Crippen LogP contribution in [0.5, 0.6) is 5.88 Å². The zero-order valence-electron chi connectivity index (χ0n) is 15.0. The molecule has 0 radical (unpaired) electrons. The number of carbonyl (C=O) groups is 2. The quantitative estimate of drug-likeness (QED) is 0.641. The van der Waals surface area contributed by atoms with Crippen LogP contribution in [0, 0.1) is 0 Å². The van der Waals surface area contributed by atoms with Gasteiger partial charge < -0.3 is 20.5 Å². The normalized spacial score (nSPS) is 18.1. The van der Waals surface area contributed by atoms with Gasteiger partial charge in [-0.15, -0.1) is 0 Å². The molecule has 150 valence electrons. The Morgan fingerprint density at radius 1 is 1.36 bits per heavy atom. The number of nitrogens with two attached hydrogens (primary N) is 1. The van der Waals surface area contributed by atoms with Crippen molar-refractivity contribution in [3.8, 4) is 5.88 Å². The van der Waals surface area contributed by atoms with Gasteiger partial charge in [0, 0.05) is 24.0 Å². The van der Waals surface area contributed by atoms with E-state index in [1.54, 1.807) is 35.1 Å². The number of nitrogens with one attached hydrogen (secondary N) is 1. The number of primary amides is 1. The molecule has 1 aliphatic heterocycles. The maximum atomic E-state index is 11.7. The van der Waals surface area contributed by atoms with Crippen molar-refractivity contribution in [2.45, 2.75) is 25.5 Å². The number of nitrogens with zero attached hydrogens (tertiary/aromatic N) is 3. The number of carbonyl (C=O) groups excluding carboxylic acids is 2.